The van der Waals surface area contributed by atoms with Gasteiger partial charge < -0.3 is 20.1 Å². The van der Waals surface area contributed by atoms with Gasteiger partial charge in [0.25, 0.3) is 0 Å². The van der Waals surface area contributed by atoms with E-state index in [1.54, 1.807) is 0 Å². The minimum Gasteiger partial charge on any atom is -0.486 e. The summed E-state index contributed by atoms with van der Waals surface area (Å²) in [5.74, 6) is 1.53. The Morgan fingerprint density at radius 1 is 1.04 bits per heavy atom. The predicted octanol–water partition coefficient (Wildman–Crippen LogP) is 3.83. The zero-order valence-electron chi connectivity index (χ0n) is 14.3. The third-order valence-corrected chi connectivity index (χ3v) is 4.82. The Balaban J connectivity index is 1.45. The number of carbonyl (C=O) groups excluding carboxylic acids is 1. The van der Waals surface area contributed by atoms with Crippen LogP contribution in [0.2, 0.25) is 0 Å². The molecule has 1 saturated carbocycles. The zero-order chi connectivity index (χ0) is 17.3. The summed E-state index contributed by atoms with van der Waals surface area (Å²) in [5, 5.41) is 6.04. The van der Waals surface area contributed by atoms with Gasteiger partial charge in [-0.15, -0.1) is 0 Å². The van der Waals surface area contributed by atoms with Crippen LogP contribution in [0.4, 0.5) is 10.5 Å². The maximum atomic E-state index is 12.4. The fourth-order valence-corrected chi connectivity index (χ4v) is 3.16. The van der Waals surface area contributed by atoms with Crippen LogP contribution in [0, 0.1) is 0 Å². The molecule has 5 heteroatoms. The maximum Gasteiger partial charge on any atom is 0.319 e. The molecule has 1 heterocycles. The van der Waals surface area contributed by atoms with Gasteiger partial charge in [-0.2, -0.15) is 0 Å². The monoisotopic (exact) mass is 338 g/mol. The molecule has 1 fully saturated rings. The summed E-state index contributed by atoms with van der Waals surface area (Å²) in [5.41, 5.74) is 2.81. The van der Waals surface area contributed by atoms with Crippen LogP contribution in [0.15, 0.2) is 42.5 Å². The fourth-order valence-electron chi connectivity index (χ4n) is 3.16. The van der Waals surface area contributed by atoms with Crippen LogP contribution in [-0.4, -0.2) is 19.2 Å². The van der Waals surface area contributed by atoms with Crippen molar-refractivity contribution in [1.82, 2.24) is 5.32 Å². The second-order valence-electron chi connectivity index (χ2n) is 6.57. The first-order valence-corrected chi connectivity index (χ1v) is 8.77. The molecule has 0 spiro atoms. The average Bonchev–Trinajstić information content (AvgIpc) is 3.42. The second-order valence-corrected chi connectivity index (χ2v) is 6.57. The lowest BCUT2D eigenvalue weighted by atomic mass is 10.0. The van der Waals surface area contributed by atoms with E-state index in [4.69, 9.17) is 9.47 Å². The average molecular weight is 338 g/mol. The van der Waals surface area contributed by atoms with Crippen molar-refractivity contribution >= 4 is 11.7 Å². The van der Waals surface area contributed by atoms with Gasteiger partial charge in [0.05, 0.1) is 5.54 Å². The van der Waals surface area contributed by atoms with Crippen molar-refractivity contribution in [2.45, 2.75) is 31.7 Å². The fraction of sp³-hybridized carbons (Fsp3) is 0.350. The van der Waals surface area contributed by atoms with E-state index in [0.717, 1.165) is 42.0 Å². The Labute approximate surface area is 147 Å². The van der Waals surface area contributed by atoms with Crippen molar-refractivity contribution in [2.75, 3.05) is 18.5 Å². The topological polar surface area (TPSA) is 59.6 Å². The van der Waals surface area contributed by atoms with E-state index >= 15 is 0 Å². The molecule has 5 nitrogen and oxygen atoms in total. The van der Waals surface area contributed by atoms with Crippen molar-refractivity contribution in [3.8, 4) is 11.5 Å². The van der Waals surface area contributed by atoms with Crippen molar-refractivity contribution < 1.29 is 14.3 Å². The Hall–Kier alpha value is -2.69. The van der Waals surface area contributed by atoms with Gasteiger partial charge in [-0.3, -0.25) is 0 Å². The molecule has 0 aromatic heterocycles. The highest BCUT2D eigenvalue weighted by Crippen LogP contribution is 2.47. The third-order valence-electron chi connectivity index (χ3n) is 4.82. The molecule has 4 rings (SSSR count). The molecule has 0 radical (unpaired) electrons. The molecule has 0 atom stereocenters. The van der Waals surface area contributed by atoms with Gasteiger partial charge in [-0.05, 0) is 54.7 Å². The molecule has 1 aliphatic heterocycles. The number of fused-ring (bicyclic) bond motifs is 1. The van der Waals surface area contributed by atoms with E-state index in [1.165, 1.54) is 5.56 Å². The second kappa shape index (κ2) is 6.31. The number of carbonyl (C=O) groups is 1. The number of hydrogen-bond acceptors (Lipinski definition) is 3. The van der Waals surface area contributed by atoms with E-state index in [9.17, 15) is 4.79 Å². The SMILES string of the molecule is CCc1ccc(NC(=O)NC2(c3ccc4c(c3)OCCO4)CC2)cc1. The van der Waals surface area contributed by atoms with Gasteiger partial charge in [-0.1, -0.05) is 25.1 Å². The van der Waals surface area contributed by atoms with Crippen molar-refractivity contribution in [3.63, 3.8) is 0 Å². The normalized spacial score (nSPS) is 16.8. The molecule has 2 amide bonds. The Kier molecular flexibility index (Phi) is 3.99. The zero-order valence-corrected chi connectivity index (χ0v) is 14.3. The lowest BCUT2D eigenvalue weighted by Gasteiger charge is -2.23. The Morgan fingerprint density at radius 3 is 2.44 bits per heavy atom. The number of nitrogens with one attached hydrogen (secondary N) is 2. The molecule has 2 aromatic carbocycles. The number of aryl methyl sites for hydroxylation is 1. The van der Waals surface area contributed by atoms with Crippen molar-refractivity contribution in [1.29, 1.82) is 0 Å². The highest BCUT2D eigenvalue weighted by molar-refractivity contribution is 5.90. The Bertz CT molecular complexity index is 782. The molecule has 0 bridgehead atoms. The summed E-state index contributed by atoms with van der Waals surface area (Å²) in [7, 11) is 0. The molecular weight excluding hydrogens is 316 g/mol. The molecule has 1 aliphatic carbocycles. The van der Waals surface area contributed by atoms with Crippen LogP contribution in [0.1, 0.15) is 30.9 Å². The first-order chi connectivity index (χ1) is 12.2. The van der Waals surface area contributed by atoms with Crippen LogP contribution >= 0.6 is 0 Å². The van der Waals surface area contributed by atoms with Crippen LogP contribution < -0.4 is 20.1 Å². The molecule has 0 unspecified atom stereocenters. The maximum absolute atomic E-state index is 12.4. The standard InChI is InChI=1S/C20H22N2O3/c1-2-14-3-6-16(7-4-14)21-19(23)22-20(9-10-20)15-5-8-17-18(13-15)25-12-11-24-17/h3-8,13H,2,9-12H2,1H3,(H2,21,22,23). The molecule has 0 saturated heterocycles. The number of hydrogen-bond donors (Lipinski definition) is 2. The molecule has 2 aromatic rings. The molecule has 25 heavy (non-hydrogen) atoms. The summed E-state index contributed by atoms with van der Waals surface area (Å²) in [6.45, 7) is 3.25. The molecule has 2 aliphatic rings. The number of rotatable bonds is 4. The lowest BCUT2D eigenvalue weighted by molar-refractivity contribution is 0.171. The first kappa shape index (κ1) is 15.8. The van der Waals surface area contributed by atoms with Crippen LogP contribution in [-0.2, 0) is 12.0 Å². The number of anilines is 1. The van der Waals surface area contributed by atoms with Crippen LogP contribution in [0.25, 0.3) is 0 Å². The Morgan fingerprint density at radius 2 is 1.76 bits per heavy atom. The van der Waals surface area contributed by atoms with Gasteiger partial charge >= 0.3 is 6.03 Å². The van der Waals surface area contributed by atoms with Gasteiger partial charge in [0.15, 0.2) is 11.5 Å². The number of amides is 2. The summed E-state index contributed by atoms with van der Waals surface area (Å²) in [4.78, 5) is 12.4. The van der Waals surface area contributed by atoms with Gasteiger partial charge in [0.1, 0.15) is 13.2 Å². The smallest absolute Gasteiger partial charge is 0.319 e. The highest BCUT2D eigenvalue weighted by atomic mass is 16.6. The van der Waals surface area contributed by atoms with E-state index in [0.29, 0.717) is 13.2 Å². The van der Waals surface area contributed by atoms with Crippen LogP contribution in [0.3, 0.4) is 0 Å². The summed E-state index contributed by atoms with van der Waals surface area (Å²) >= 11 is 0. The quantitative estimate of drug-likeness (QED) is 0.891. The van der Waals surface area contributed by atoms with Gasteiger partial charge in [-0.25, -0.2) is 4.79 Å². The van der Waals surface area contributed by atoms with Crippen molar-refractivity contribution in [2.24, 2.45) is 0 Å². The number of ether oxygens (including phenoxy) is 2. The largest absolute Gasteiger partial charge is 0.486 e. The van der Waals surface area contributed by atoms with Gasteiger partial charge in [0, 0.05) is 5.69 Å². The summed E-state index contributed by atoms with van der Waals surface area (Å²) in [6.07, 6.45) is 2.84. The number of urea groups is 1. The van der Waals surface area contributed by atoms with Crippen molar-refractivity contribution in [3.05, 3.63) is 53.6 Å². The minimum atomic E-state index is -0.302. The minimum absolute atomic E-state index is 0.184. The molecule has 2 N–H and O–H groups in total. The molecular formula is C20H22N2O3. The predicted molar refractivity (Wildman–Crippen MR) is 96.3 cm³/mol. The van der Waals surface area contributed by atoms with Crippen LogP contribution in [0.5, 0.6) is 11.5 Å². The number of benzene rings is 2. The third kappa shape index (κ3) is 3.27. The van der Waals surface area contributed by atoms with E-state index in [-0.39, 0.29) is 11.6 Å². The van der Waals surface area contributed by atoms with E-state index in [1.807, 2.05) is 42.5 Å². The first-order valence-electron chi connectivity index (χ1n) is 8.77. The van der Waals surface area contributed by atoms with Gasteiger partial charge in [0.2, 0.25) is 0 Å². The highest BCUT2D eigenvalue weighted by Gasteiger charge is 2.46. The lowest BCUT2D eigenvalue weighted by Crippen LogP contribution is -2.38. The summed E-state index contributed by atoms with van der Waals surface area (Å²) in [6, 6.07) is 13.7. The summed E-state index contributed by atoms with van der Waals surface area (Å²) < 4.78 is 11.2. The van der Waals surface area contributed by atoms with E-state index in [2.05, 4.69) is 17.6 Å². The molecule has 130 valence electrons. The van der Waals surface area contributed by atoms with E-state index < -0.39 is 0 Å².